The van der Waals surface area contributed by atoms with E-state index in [1.807, 2.05) is 19.1 Å². The van der Waals surface area contributed by atoms with Crippen LogP contribution in [0, 0.1) is 6.92 Å². The molecule has 0 bridgehead atoms. The molecule has 1 N–H and O–H groups in total. The number of hydrogen-bond donors (Lipinski definition) is 1. The van der Waals surface area contributed by atoms with Gasteiger partial charge in [0.05, 0.1) is 18.0 Å². The SMILES string of the molecule is Cc1ccc(CN2CCC[C@@H](Nc3ncc(C(F)(F)F)cn3)[C@@H]2C)c(-n2nccn2)n1. The monoisotopic (exact) mass is 432 g/mol. The van der Waals surface area contributed by atoms with Crippen molar-refractivity contribution in [1.82, 2.24) is 34.8 Å². The summed E-state index contributed by atoms with van der Waals surface area (Å²) >= 11 is 0. The van der Waals surface area contributed by atoms with Gasteiger partial charge in [-0.1, -0.05) is 6.07 Å². The first-order valence-corrected chi connectivity index (χ1v) is 10.0. The van der Waals surface area contributed by atoms with Crippen molar-refractivity contribution in [1.29, 1.82) is 0 Å². The highest BCUT2D eigenvalue weighted by molar-refractivity contribution is 5.34. The molecule has 2 atom stereocenters. The van der Waals surface area contributed by atoms with E-state index < -0.39 is 11.7 Å². The van der Waals surface area contributed by atoms with E-state index in [-0.39, 0.29) is 18.0 Å². The molecule has 0 aromatic carbocycles. The van der Waals surface area contributed by atoms with Crippen LogP contribution in [0.15, 0.2) is 36.9 Å². The van der Waals surface area contributed by atoms with Gasteiger partial charge in [-0.05, 0) is 39.3 Å². The lowest BCUT2D eigenvalue weighted by atomic mass is 9.97. The number of hydrogen-bond acceptors (Lipinski definition) is 7. The predicted molar refractivity (Wildman–Crippen MR) is 107 cm³/mol. The Balaban J connectivity index is 1.48. The van der Waals surface area contributed by atoms with Crippen molar-refractivity contribution in [2.75, 3.05) is 11.9 Å². The summed E-state index contributed by atoms with van der Waals surface area (Å²) in [5.41, 5.74) is 1.02. The molecule has 0 radical (unpaired) electrons. The van der Waals surface area contributed by atoms with Crippen molar-refractivity contribution in [3.05, 3.63) is 53.7 Å². The summed E-state index contributed by atoms with van der Waals surface area (Å²) in [6.07, 6.45) is 2.21. The second-order valence-electron chi connectivity index (χ2n) is 7.65. The lowest BCUT2D eigenvalue weighted by Crippen LogP contribution is -2.49. The van der Waals surface area contributed by atoms with Gasteiger partial charge in [0.15, 0.2) is 5.82 Å². The Morgan fingerprint density at radius 2 is 1.84 bits per heavy atom. The third-order valence-corrected chi connectivity index (χ3v) is 5.49. The van der Waals surface area contributed by atoms with Crippen molar-refractivity contribution in [3.8, 4) is 5.82 Å². The van der Waals surface area contributed by atoms with Crippen LogP contribution in [-0.2, 0) is 12.7 Å². The highest BCUT2D eigenvalue weighted by atomic mass is 19.4. The lowest BCUT2D eigenvalue weighted by Gasteiger charge is -2.39. The maximum absolute atomic E-state index is 12.7. The molecule has 1 aliphatic rings. The molecule has 31 heavy (non-hydrogen) atoms. The molecule has 1 saturated heterocycles. The van der Waals surface area contributed by atoms with Crippen molar-refractivity contribution in [2.45, 2.75) is 51.5 Å². The maximum Gasteiger partial charge on any atom is 0.419 e. The topological polar surface area (TPSA) is 84.6 Å². The minimum absolute atomic E-state index is 0.00942. The number of nitrogens with one attached hydrogen (secondary N) is 1. The number of aromatic nitrogens is 6. The molecule has 1 aliphatic heterocycles. The number of rotatable bonds is 5. The summed E-state index contributed by atoms with van der Waals surface area (Å²) in [5.74, 6) is 0.892. The fraction of sp³-hybridized carbons (Fsp3) is 0.450. The van der Waals surface area contributed by atoms with Crippen molar-refractivity contribution in [3.63, 3.8) is 0 Å². The molecular weight excluding hydrogens is 409 g/mol. The molecule has 164 valence electrons. The van der Waals surface area contributed by atoms with Gasteiger partial charge in [0, 0.05) is 42.3 Å². The zero-order valence-corrected chi connectivity index (χ0v) is 17.2. The molecule has 3 aromatic rings. The van der Waals surface area contributed by atoms with Crippen molar-refractivity contribution < 1.29 is 13.2 Å². The van der Waals surface area contributed by atoms with Gasteiger partial charge in [-0.2, -0.15) is 23.4 Å². The molecule has 0 aliphatic carbocycles. The summed E-state index contributed by atoms with van der Waals surface area (Å²) in [6.45, 7) is 5.56. The maximum atomic E-state index is 12.7. The van der Waals surface area contributed by atoms with Gasteiger partial charge < -0.3 is 5.32 Å². The number of alkyl halides is 3. The fourth-order valence-corrected chi connectivity index (χ4v) is 3.76. The van der Waals surface area contributed by atoms with Gasteiger partial charge >= 0.3 is 6.18 Å². The molecule has 11 heteroatoms. The third kappa shape index (κ3) is 4.82. The van der Waals surface area contributed by atoms with E-state index in [1.165, 1.54) is 4.80 Å². The Morgan fingerprint density at radius 3 is 2.52 bits per heavy atom. The normalized spacial score (nSPS) is 20.0. The highest BCUT2D eigenvalue weighted by Gasteiger charge is 2.32. The van der Waals surface area contributed by atoms with E-state index >= 15 is 0 Å². The molecule has 4 rings (SSSR count). The van der Waals surface area contributed by atoms with Crippen LogP contribution in [0.25, 0.3) is 5.82 Å². The average molecular weight is 432 g/mol. The number of piperidine rings is 1. The van der Waals surface area contributed by atoms with Crippen LogP contribution in [0.5, 0.6) is 0 Å². The van der Waals surface area contributed by atoms with E-state index in [9.17, 15) is 13.2 Å². The number of anilines is 1. The lowest BCUT2D eigenvalue weighted by molar-refractivity contribution is -0.138. The van der Waals surface area contributed by atoms with Gasteiger partial charge in [0.1, 0.15) is 0 Å². The number of halogens is 3. The summed E-state index contributed by atoms with van der Waals surface area (Å²) in [6, 6.07) is 4.11. The summed E-state index contributed by atoms with van der Waals surface area (Å²) in [7, 11) is 0. The molecular formula is C20H23F3N8. The molecule has 1 fully saturated rings. The largest absolute Gasteiger partial charge is 0.419 e. The van der Waals surface area contributed by atoms with Gasteiger partial charge in [-0.3, -0.25) is 4.90 Å². The van der Waals surface area contributed by atoms with E-state index in [0.717, 1.165) is 43.0 Å². The van der Waals surface area contributed by atoms with E-state index in [2.05, 4.69) is 42.3 Å². The first-order valence-electron chi connectivity index (χ1n) is 10.0. The van der Waals surface area contributed by atoms with Gasteiger partial charge in [0.25, 0.3) is 0 Å². The summed E-state index contributed by atoms with van der Waals surface area (Å²) < 4.78 is 38.2. The van der Waals surface area contributed by atoms with Crippen LogP contribution in [-0.4, -0.2) is 53.5 Å². The summed E-state index contributed by atoms with van der Waals surface area (Å²) in [5, 5.41) is 11.6. The zero-order valence-electron chi connectivity index (χ0n) is 17.2. The number of nitrogens with zero attached hydrogens (tertiary/aromatic N) is 7. The van der Waals surface area contributed by atoms with Crippen LogP contribution in [0.2, 0.25) is 0 Å². The molecule has 8 nitrogen and oxygen atoms in total. The van der Waals surface area contributed by atoms with Gasteiger partial charge in [-0.15, -0.1) is 4.80 Å². The first kappa shape index (κ1) is 21.2. The number of pyridine rings is 1. The number of likely N-dealkylation sites (tertiary alicyclic amines) is 1. The minimum Gasteiger partial charge on any atom is -0.350 e. The van der Waals surface area contributed by atoms with Crippen LogP contribution < -0.4 is 5.32 Å². The second kappa shape index (κ2) is 8.58. The van der Waals surface area contributed by atoms with Crippen LogP contribution in [0.1, 0.15) is 36.6 Å². The fourth-order valence-electron chi connectivity index (χ4n) is 3.76. The second-order valence-corrected chi connectivity index (χ2v) is 7.65. The zero-order chi connectivity index (χ0) is 22.0. The van der Waals surface area contributed by atoms with Crippen LogP contribution in [0.4, 0.5) is 19.1 Å². The first-order chi connectivity index (χ1) is 14.8. The Labute approximate surface area is 177 Å². The molecule has 0 saturated carbocycles. The van der Waals surface area contributed by atoms with E-state index in [1.54, 1.807) is 12.4 Å². The third-order valence-electron chi connectivity index (χ3n) is 5.49. The Kier molecular flexibility index (Phi) is 5.86. The van der Waals surface area contributed by atoms with Crippen molar-refractivity contribution in [2.24, 2.45) is 0 Å². The smallest absolute Gasteiger partial charge is 0.350 e. The van der Waals surface area contributed by atoms with Gasteiger partial charge in [-0.25, -0.2) is 15.0 Å². The average Bonchev–Trinajstić information content (AvgIpc) is 3.26. The molecule has 3 aromatic heterocycles. The molecule has 0 amide bonds. The number of aryl methyl sites for hydroxylation is 1. The van der Waals surface area contributed by atoms with E-state index in [0.29, 0.717) is 12.4 Å². The minimum atomic E-state index is -4.45. The predicted octanol–water partition coefficient (Wildman–Crippen LogP) is 3.24. The van der Waals surface area contributed by atoms with Crippen molar-refractivity contribution >= 4 is 5.95 Å². The molecule has 0 spiro atoms. The Morgan fingerprint density at radius 1 is 1.13 bits per heavy atom. The van der Waals surface area contributed by atoms with Crippen LogP contribution >= 0.6 is 0 Å². The molecule has 0 unspecified atom stereocenters. The summed E-state index contributed by atoms with van der Waals surface area (Å²) in [4.78, 5) is 16.1. The van der Waals surface area contributed by atoms with Gasteiger partial charge in [0.2, 0.25) is 5.95 Å². The Hall–Kier alpha value is -3.08. The highest BCUT2D eigenvalue weighted by Crippen LogP contribution is 2.29. The molecule has 4 heterocycles. The Bertz CT molecular complexity index is 1000. The quantitative estimate of drug-likeness (QED) is 0.663. The van der Waals surface area contributed by atoms with E-state index in [4.69, 9.17) is 0 Å². The van der Waals surface area contributed by atoms with Crippen LogP contribution in [0.3, 0.4) is 0 Å². The standard InChI is InChI=1S/C20H23F3N8/c1-13-5-6-15(18(28-13)31-26-7-8-27-31)12-30-9-3-4-17(14(30)2)29-19-24-10-16(11-25-19)20(21,22)23/h5-8,10-11,14,17H,3-4,9,12H2,1-2H3,(H,24,25,29)/t14-,17+/m0/s1.